The molecular weight excluding hydrogens is 532 g/mol. The quantitative estimate of drug-likeness (QED) is 0.150. The number of aryl methyl sites for hydroxylation is 4. The zero-order chi connectivity index (χ0) is 29.6. The SMILES string of the molecule is CO/C(=N\c1ccc(Oc2cccc(Oc3ccc(/N=C(\OC)c4n(C)cc[n+]4C)cc3)c2)cc1)c1n(C)cc[n+]1C. The summed E-state index contributed by atoms with van der Waals surface area (Å²) in [5, 5.41) is 0. The predicted octanol–water partition coefficient (Wildman–Crippen LogP) is 5.05. The Morgan fingerprint density at radius 3 is 1.33 bits per heavy atom. The van der Waals surface area contributed by atoms with Gasteiger partial charge >= 0.3 is 23.4 Å². The number of imidazole rings is 2. The Balaban J connectivity index is 1.25. The summed E-state index contributed by atoms with van der Waals surface area (Å²) in [6.07, 6.45) is 7.80. The Labute approximate surface area is 245 Å². The van der Waals surface area contributed by atoms with Crippen LogP contribution < -0.4 is 18.6 Å². The minimum Gasteiger partial charge on any atom is -0.475 e. The monoisotopic (exact) mass is 566 g/mol. The maximum atomic E-state index is 6.08. The van der Waals surface area contributed by atoms with Gasteiger partial charge in [0.05, 0.1) is 53.8 Å². The highest BCUT2D eigenvalue weighted by atomic mass is 16.5. The van der Waals surface area contributed by atoms with E-state index in [-0.39, 0.29) is 0 Å². The van der Waals surface area contributed by atoms with Crippen LogP contribution in [-0.2, 0) is 37.7 Å². The van der Waals surface area contributed by atoms with Crippen LogP contribution in [0.4, 0.5) is 11.4 Å². The lowest BCUT2D eigenvalue weighted by atomic mass is 10.3. The van der Waals surface area contributed by atoms with Crippen LogP contribution >= 0.6 is 0 Å². The van der Waals surface area contributed by atoms with Crippen molar-refractivity contribution in [3.05, 3.63) is 109 Å². The molecule has 0 N–H and O–H groups in total. The van der Waals surface area contributed by atoms with Gasteiger partial charge in [-0.15, -0.1) is 0 Å². The van der Waals surface area contributed by atoms with Crippen molar-refractivity contribution in [2.45, 2.75) is 0 Å². The lowest BCUT2D eigenvalue weighted by Crippen LogP contribution is -2.35. The Hall–Kier alpha value is -5.38. The highest BCUT2D eigenvalue weighted by Gasteiger charge is 2.21. The molecule has 2 heterocycles. The fourth-order valence-electron chi connectivity index (χ4n) is 4.44. The average Bonchev–Trinajstić information content (AvgIpc) is 3.51. The van der Waals surface area contributed by atoms with Crippen LogP contribution in [0.25, 0.3) is 0 Å². The van der Waals surface area contributed by atoms with Crippen molar-refractivity contribution in [2.24, 2.45) is 38.2 Å². The van der Waals surface area contributed by atoms with E-state index in [1.54, 1.807) is 14.2 Å². The third-order valence-corrected chi connectivity index (χ3v) is 6.55. The fraction of sp³-hybridized carbons (Fsp3) is 0.188. The van der Waals surface area contributed by atoms with Crippen LogP contribution in [-0.4, -0.2) is 35.1 Å². The second kappa shape index (κ2) is 12.4. The molecule has 0 radical (unpaired) electrons. The van der Waals surface area contributed by atoms with Gasteiger partial charge in [-0.3, -0.25) is 0 Å². The summed E-state index contributed by atoms with van der Waals surface area (Å²) in [6.45, 7) is 0. The topological polar surface area (TPSA) is 79.3 Å². The maximum absolute atomic E-state index is 6.08. The molecule has 0 saturated carbocycles. The van der Waals surface area contributed by atoms with E-state index in [0.29, 0.717) is 34.8 Å². The number of nitrogens with zero attached hydrogens (tertiary/aromatic N) is 6. The molecule has 5 aromatic rings. The van der Waals surface area contributed by atoms with E-state index < -0.39 is 0 Å². The molecule has 10 nitrogen and oxygen atoms in total. The zero-order valence-electron chi connectivity index (χ0n) is 24.6. The molecule has 0 spiro atoms. The number of hydrogen-bond donors (Lipinski definition) is 0. The van der Waals surface area contributed by atoms with E-state index in [9.17, 15) is 0 Å². The second-order valence-corrected chi connectivity index (χ2v) is 9.60. The van der Waals surface area contributed by atoms with Crippen molar-refractivity contribution in [3.8, 4) is 23.0 Å². The van der Waals surface area contributed by atoms with Crippen LogP contribution in [0.15, 0.2) is 108 Å². The molecule has 0 unspecified atom stereocenters. The summed E-state index contributed by atoms with van der Waals surface area (Å²) in [4.78, 5) is 9.32. The molecule has 0 aliphatic rings. The number of aliphatic imine (C=N–C) groups is 2. The molecule has 0 bridgehead atoms. The summed E-state index contributed by atoms with van der Waals surface area (Å²) < 4.78 is 31.1. The van der Waals surface area contributed by atoms with Crippen molar-refractivity contribution >= 4 is 23.2 Å². The average molecular weight is 567 g/mol. The smallest absolute Gasteiger partial charge is 0.344 e. The molecule has 0 aliphatic heterocycles. The fourth-order valence-corrected chi connectivity index (χ4v) is 4.44. The maximum Gasteiger partial charge on any atom is 0.344 e. The Bertz CT molecular complexity index is 1570. The second-order valence-electron chi connectivity index (χ2n) is 9.60. The van der Waals surface area contributed by atoms with E-state index in [0.717, 1.165) is 23.0 Å². The molecule has 0 atom stereocenters. The van der Waals surface area contributed by atoms with Crippen molar-refractivity contribution in [2.75, 3.05) is 14.2 Å². The van der Waals surface area contributed by atoms with Gasteiger partial charge in [-0.2, -0.15) is 0 Å². The van der Waals surface area contributed by atoms with E-state index in [4.69, 9.17) is 18.9 Å². The molecule has 10 heteroatoms. The van der Waals surface area contributed by atoms with E-state index in [1.165, 1.54) is 0 Å². The molecule has 3 aromatic carbocycles. The first-order valence-electron chi connectivity index (χ1n) is 13.3. The van der Waals surface area contributed by atoms with Crippen molar-refractivity contribution in [1.82, 2.24) is 9.13 Å². The summed E-state index contributed by atoms with van der Waals surface area (Å²) in [5.74, 6) is 5.42. The van der Waals surface area contributed by atoms with Crippen molar-refractivity contribution in [1.29, 1.82) is 0 Å². The van der Waals surface area contributed by atoms with Crippen LogP contribution in [0.2, 0.25) is 0 Å². The molecule has 0 aliphatic carbocycles. The van der Waals surface area contributed by atoms with Crippen molar-refractivity contribution < 1.29 is 28.1 Å². The van der Waals surface area contributed by atoms with Gasteiger partial charge < -0.3 is 18.9 Å². The first-order valence-corrected chi connectivity index (χ1v) is 13.3. The minimum atomic E-state index is 0.521. The normalized spacial score (nSPS) is 11.9. The Morgan fingerprint density at radius 1 is 0.595 bits per heavy atom. The largest absolute Gasteiger partial charge is 0.475 e. The number of benzene rings is 3. The van der Waals surface area contributed by atoms with Gasteiger partial charge in [-0.1, -0.05) is 6.07 Å². The third kappa shape index (κ3) is 6.33. The summed E-state index contributed by atoms with van der Waals surface area (Å²) in [5.41, 5.74) is 1.50. The third-order valence-electron chi connectivity index (χ3n) is 6.55. The van der Waals surface area contributed by atoms with Gasteiger partial charge in [0.1, 0.15) is 47.8 Å². The van der Waals surface area contributed by atoms with Crippen LogP contribution in [0, 0.1) is 0 Å². The molecule has 0 amide bonds. The summed E-state index contributed by atoms with van der Waals surface area (Å²) in [7, 11) is 11.0. The first-order chi connectivity index (χ1) is 20.3. The van der Waals surface area contributed by atoms with E-state index in [2.05, 4.69) is 9.98 Å². The number of rotatable bonds is 8. The molecule has 42 heavy (non-hydrogen) atoms. The molecular formula is C32H34N6O4+2. The highest BCUT2D eigenvalue weighted by molar-refractivity contribution is 5.91. The van der Waals surface area contributed by atoms with Gasteiger partial charge in [-0.05, 0) is 60.7 Å². The van der Waals surface area contributed by atoms with Gasteiger partial charge in [0.2, 0.25) is 0 Å². The zero-order valence-corrected chi connectivity index (χ0v) is 24.6. The van der Waals surface area contributed by atoms with Crippen LogP contribution in [0.1, 0.15) is 11.6 Å². The number of aromatic nitrogens is 4. The molecule has 2 aromatic heterocycles. The Kier molecular flexibility index (Phi) is 8.33. The molecule has 0 fully saturated rings. The molecule has 214 valence electrons. The summed E-state index contributed by atoms with van der Waals surface area (Å²) >= 11 is 0. The highest BCUT2D eigenvalue weighted by Crippen LogP contribution is 2.30. The van der Waals surface area contributed by atoms with Gasteiger partial charge in [0.25, 0.3) is 0 Å². The van der Waals surface area contributed by atoms with Gasteiger partial charge in [0, 0.05) is 6.07 Å². The van der Waals surface area contributed by atoms with Gasteiger partial charge in [0.15, 0.2) is 0 Å². The lowest BCUT2D eigenvalue weighted by molar-refractivity contribution is -0.672. The molecule has 5 rings (SSSR count). The van der Waals surface area contributed by atoms with E-state index in [1.807, 2.05) is 144 Å². The molecule has 0 saturated heterocycles. The first kappa shape index (κ1) is 28.2. The summed E-state index contributed by atoms with van der Waals surface area (Å²) in [6, 6.07) is 22.5. The van der Waals surface area contributed by atoms with Gasteiger partial charge in [-0.25, -0.2) is 28.3 Å². The Morgan fingerprint density at radius 2 is 1.00 bits per heavy atom. The number of hydrogen-bond acceptors (Lipinski definition) is 6. The van der Waals surface area contributed by atoms with Crippen LogP contribution in [0.3, 0.4) is 0 Å². The minimum absolute atomic E-state index is 0.521. The van der Waals surface area contributed by atoms with E-state index >= 15 is 0 Å². The van der Waals surface area contributed by atoms with Crippen LogP contribution in [0.5, 0.6) is 23.0 Å². The predicted molar refractivity (Wildman–Crippen MR) is 159 cm³/mol. The number of ether oxygens (including phenoxy) is 4. The van der Waals surface area contributed by atoms with Crippen molar-refractivity contribution in [3.63, 3.8) is 0 Å². The standard InChI is InChI=1S/C32H34N6O4/c1-35-18-19-36(2)31(35)29(39-5)33-23-10-14-25(15-11-23)41-27-8-7-9-28(22-27)42-26-16-12-24(13-17-26)34-30(40-6)32-37(3)20-21-38(32)4/h7-22H,1-6H3/q+2/b33-29-,34-30-. The number of methoxy groups -OCH3 is 2. The lowest BCUT2D eigenvalue weighted by Gasteiger charge is -2.10.